The van der Waals surface area contributed by atoms with Crippen LogP contribution in [0.4, 0.5) is 0 Å². The maximum absolute atomic E-state index is 9.11. The van der Waals surface area contributed by atoms with Crippen LogP contribution < -0.4 is 4.74 Å². The Morgan fingerprint density at radius 3 is 2.53 bits per heavy atom. The molecule has 0 aliphatic heterocycles. The number of aliphatic hydroxyl groups excluding tert-OH is 1. The lowest BCUT2D eigenvalue weighted by Gasteiger charge is -2.08. The summed E-state index contributed by atoms with van der Waals surface area (Å²) in [5, 5.41) is 11.4. The van der Waals surface area contributed by atoms with Crippen molar-refractivity contribution in [3.63, 3.8) is 0 Å². The number of aliphatic hydroxyl groups is 1. The summed E-state index contributed by atoms with van der Waals surface area (Å²) < 4.78 is 5.77. The van der Waals surface area contributed by atoms with Gasteiger partial charge in [-0.3, -0.25) is 0 Å². The third-order valence-corrected chi connectivity index (χ3v) is 3.33. The van der Waals surface area contributed by atoms with Gasteiger partial charge in [-0.05, 0) is 41.0 Å². The zero-order chi connectivity index (χ0) is 13.5. The molecular formula is C17H22O2. The number of hydrogen-bond donors (Lipinski definition) is 1. The molecule has 0 atom stereocenters. The first-order valence-electron chi connectivity index (χ1n) is 7.10. The summed E-state index contributed by atoms with van der Waals surface area (Å²) in [5.41, 5.74) is 0.945. The van der Waals surface area contributed by atoms with Crippen molar-refractivity contribution in [3.05, 3.63) is 42.0 Å². The van der Waals surface area contributed by atoms with E-state index in [1.165, 1.54) is 19.3 Å². The van der Waals surface area contributed by atoms with Crippen molar-refractivity contribution in [2.75, 3.05) is 6.61 Å². The van der Waals surface area contributed by atoms with Crippen LogP contribution in [0.1, 0.15) is 38.2 Å². The number of benzene rings is 2. The van der Waals surface area contributed by atoms with E-state index in [-0.39, 0.29) is 6.61 Å². The van der Waals surface area contributed by atoms with Crippen molar-refractivity contribution in [2.45, 2.75) is 39.2 Å². The van der Waals surface area contributed by atoms with Gasteiger partial charge in [0.15, 0.2) is 0 Å². The van der Waals surface area contributed by atoms with E-state index in [0.717, 1.165) is 35.1 Å². The molecule has 0 unspecified atom stereocenters. The van der Waals surface area contributed by atoms with Gasteiger partial charge in [0.25, 0.3) is 0 Å². The monoisotopic (exact) mass is 258 g/mol. The standard InChI is InChI=1S/C17H22O2/c1-2-3-4-5-10-19-17-9-8-15-11-14(13-18)6-7-16(15)12-17/h6-9,11-12,18H,2-5,10,13H2,1H3. The van der Waals surface area contributed by atoms with Gasteiger partial charge in [0, 0.05) is 0 Å². The summed E-state index contributed by atoms with van der Waals surface area (Å²) >= 11 is 0. The summed E-state index contributed by atoms with van der Waals surface area (Å²) in [6, 6.07) is 12.1. The van der Waals surface area contributed by atoms with Crippen LogP contribution >= 0.6 is 0 Å². The molecule has 2 heteroatoms. The minimum atomic E-state index is 0.0889. The van der Waals surface area contributed by atoms with Gasteiger partial charge in [0.2, 0.25) is 0 Å². The number of rotatable bonds is 7. The Morgan fingerprint density at radius 2 is 1.74 bits per heavy atom. The average Bonchev–Trinajstić information content (AvgIpc) is 2.46. The fourth-order valence-corrected chi connectivity index (χ4v) is 2.18. The largest absolute Gasteiger partial charge is 0.494 e. The molecule has 0 radical (unpaired) electrons. The lowest BCUT2D eigenvalue weighted by molar-refractivity contribution is 0.282. The highest BCUT2D eigenvalue weighted by molar-refractivity contribution is 5.84. The van der Waals surface area contributed by atoms with Gasteiger partial charge in [-0.25, -0.2) is 0 Å². The third kappa shape index (κ3) is 3.97. The van der Waals surface area contributed by atoms with Crippen LogP contribution in [0, 0.1) is 0 Å². The zero-order valence-corrected chi connectivity index (χ0v) is 11.6. The van der Waals surface area contributed by atoms with Gasteiger partial charge in [0.05, 0.1) is 13.2 Å². The maximum atomic E-state index is 9.11. The minimum Gasteiger partial charge on any atom is -0.494 e. The summed E-state index contributed by atoms with van der Waals surface area (Å²) in [4.78, 5) is 0. The quantitative estimate of drug-likeness (QED) is 0.751. The fourth-order valence-electron chi connectivity index (χ4n) is 2.18. The predicted octanol–water partition coefficient (Wildman–Crippen LogP) is 4.29. The molecule has 0 bridgehead atoms. The number of unbranched alkanes of at least 4 members (excludes halogenated alkanes) is 3. The van der Waals surface area contributed by atoms with E-state index in [4.69, 9.17) is 9.84 Å². The second-order valence-electron chi connectivity index (χ2n) is 4.91. The molecule has 2 aromatic rings. The van der Waals surface area contributed by atoms with E-state index < -0.39 is 0 Å². The second-order valence-corrected chi connectivity index (χ2v) is 4.91. The highest BCUT2D eigenvalue weighted by Gasteiger charge is 1.99. The predicted molar refractivity (Wildman–Crippen MR) is 79.5 cm³/mol. The summed E-state index contributed by atoms with van der Waals surface area (Å²) in [7, 11) is 0. The van der Waals surface area contributed by atoms with Gasteiger partial charge in [-0.15, -0.1) is 0 Å². The molecule has 19 heavy (non-hydrogen) atoms. The average molecular weight is 258 g/mol. The molecule has 0 saturated heterocycles. The molecule has 0 aromatic heterocycles. The molecule has 0 aliphatic rings. The Balaban J connectivity index is 1.97. The Bertz CT molecular complexity index is 520. The Hall–Kier alpha value is -1.54. The van der Waals surface area contributed by atoms with Crippen LogP contribution in [-0.4, -0.2) is 11.7 Å². The van der Waals surface area contributed by atoms with Gasteiger partial charge in [0.1, 0.15) is 5.75 Å². The van der Waals surface area contributed by atoms with Crippen LogP contribution in [-0.2, 0) is 6.61 Å². The Morgan fingerprint density at radius 1 is 0.947 bits per heavy atom. The molecule has 2 aromatic carbocycles. The van der Waals surface area contributed by atoms with Crippen molar-refractivity contribution in [1.82, 2.24) is 0 Å². The normalized spacial score (nSPS) is 10.8. The van der Waals surface area contributed by atoms with E-state index in [0.29, 0.717) is 0 Å². The molecular weight excluding hydrogens is 236 g/mol. The lowest BCUT2D eigenvalue weighted by atomic mass is 10.1. The fraction of sp³-hybridized carbons (Fsp3) is 0.412. The Kier molecular flexibility index (Phi) is 5.22. The lowest BCUT2D eigenvalue weighted by Crippen LogP contribution is -1.97. The Labute approximate surface area is 115 Å². The van der Waals surface area contributed by atoms with Gasteiger partial charge in [-0.2, -0.15) is 0 Å². The van der Waals surface area contributed by atoms with Crippen LogP contribution in [0.3, 0.4) is 0 Å². The first-order chi connectivity index (χ1) is 9.33. The molecule has 1 N–H and O–H groups in total. The molecule has 0 saturated carbocycles. The van der Waals surface area contributed by atoms with E-state index in [9.17, 15) is 0 Å². The highest BCUT2D eigenvalue weighted by atomic mass is 16.5. The highest BCUT2D eigenvalue weighted by Crippen LogP contribution is 2.22. The van der Waals surface area contributed by atoms with Crippen LogP contribution in [0.25, 0.3) is 10.8 Å². The second kappa shape index (κ2) is 7.15. The maximum Gasteiger partial charge on any atom is 0.119 e. The van der Waals surface area contributed by atoms with Crippen molar-refractivity contribution in [1.29, 1.82) is 0 Å². The van der Waals surface area contributed by atoms with Crippen molar-refractivity contribution in [3.8, 4) is 5.75 Å². The molecule has 0 heterocycles. The number of fused-ring (bicyclic) bond motifs is 1. The molecule has 0 amide bonds. The molecule has 0 aliphatic carbocycles. The van der Waals surface area contributed by atoms with Gasteiger partial charge >= 0.3 is 0 Å². The third-order valence-electron chi connectivity index (χ3n) is 3.33. The SMILES string of the molecule is CCCCCCOc1ccc2cc(CO)ccc2c1. The van der Waals surface area contributed by atoms with Gasteiger partial charge in [-0.1, -0.05) is 44.4 Å². The van der Waals surface area contributed by atoms with Crippen molar-refractivity contribution < 1.29 is 9.84 Å². The van der Waals surface area contributed by atoms with E-state index in [1.807, 2.05) is 24.3 Å². The molecule has 0 spiro atoms. The minimum absolute atomic E-state index is 0.0889. The van der Waals surface area contributed by atoms with Crippen molar-refractivity contribution in [2.24, 2.45) is 0 Å². The zero-order valence-electron chi connectivity index (χ0n) is 11.6. The first kappa shape index (κ1) is 13.9. The summed E-state index contributed by atoms with van der Waals surface area (Å²) in [5.74, 6) is 0.931. The first-order valence-corrected chi connectivity index (χ1v) is 7.10. The molecule has 2 rings (SSSR count). The van der Waals surface area contributed by atoms with E-state index in [1.54, 1.807) is 0 Å². The van der Waals surface area contributed by atoms with Crippen molar-refractivity contribution >= 4 is 10.8 Å². The molecule has 102 valence electrons. The summed E-state index contributed by atoms with van der Waals surface area (Å²) in [6.07, 6.45) is 4.90. The van der Waals surface area contributed by atoms with Gasteiger partial charge < -0.3 is 9.84 Å². The van der Waals surface area contributed by atoms with E-state index >= 15 is 0 Å². The number of ether oxygens (including phenoxy) is 1. The molecule has 2 nitrogen and oxygen atoms in total. The summed E-state index contributed by atoms with van der Waals surface area (Å²) in [6.45, 7) is 3.09. The van der Waals surface area contributed by atoms with Crippen LogP contribution in [0.5, 0.6) is 5.75 Å². The van der Waals surface area contributed by atoms with Crippen LogP contribution in [0.15, 0.2) is 36.4 Å². The topological polar surface area (TPSA) is 29.5 Å². The number of hydrogen-bond acceptors (Lipinski definition) is 2. The van der Waals surface area contributed by atoms with E-state index in [2.05, 4.69) is 19.1 Å². The smallest absolute Gasteiger partial charge is 0.119 e. The van der Waals surface area contributed by atoms with Crippen LogP contribution in [0.2, 0.25) is 0 Å². The molecule has 0 fully saturated rings.